The predicted molar refractivity (Wildman–Crippen MR) is 119 cm³/mol. The molecule has 1 aliphatic heterocycles. The van der Waals surface area contributed by atoms with Gasteiger partial charge in [-0.2, -0.15) is 0 Å². The van der Waals surface area contributed by atoms with Crippen LogP contribution in [-0.4, -0.2) is 55.6 Å². The molecule has 0 N–H and O–H groups in total. The van der Waals surface area contributed by atoms with E-state index in [-0.39, 0.29) is 36.8 Å². The van der Waals surface area contributed by atoms with Crippen LogP contribution in [-0.2, 0) is 9.53 Å². The van der Waals surface area contributed by atoms with E-state index in [1.54, 1.807) is 36.1 Å². The average molecular weight is 482 g/mol. The lowest BCUT2D eigenvalue weighted by atomic mass is 10.1. The van der Waals surface area contributed by atoms with Crippen molar-refractivity contribution in [2.24, 2.45) is 0 Å². The third-order valence-electron chi connectivity index (χ3n) is 5.16. The maximum absolute atomic E-state index is 14.2. The Kier molecular flexibility index (Phi) is 9.03. The summed E-state index contributed by atoms with van der Waals surface area (Å²) in [4.78, 5) is 25.8. The summed E-state index contributed by atoms with van der Waals surface area (Å²) >= 11 is 5.83. The minimum absolute atomic E-state index is 0.0365. The Hall–Kier alpha value is -2.71. The smallest absolute Gasteiger partial charge is 0.222 e. The van der Waals surface area contributed by atoms with Gasteiger partial charge in [0.05, 0.1) is 19.8 Å². The van der Waals surface area contributed by atoms with E-state index >= 15 is 0 Å². The van der Waals surface area contributed by atoms with E-state index in [0.29, 0.717) is 43.4 Å². The number of morpholine rings is 1. The van der Waals surface area contributed by atoms with Crippen molar-refractivity contribution in [3.63, 3.8) is 0 Å². The van der Waals surface area contributed by atoms with Gasteiger partial charge >= 0.3 is 0 Å². The number of nitrogens with zero attached hydrogens (tertiary/aromatic N) is 1. The molecule has 2 aromatic rings. The normalized spacial score (nSPS) is 15.9. The average Bonchev–Trinajstić information content (AvgIpc) is 2.81. The first-order chi connectivity index (χ1) is 15.9. The molecule has 0 radical (unpaired) electrons. The van der Waals surface area contributed by atoms with Crippen LogP contribution in [0.3, 0.4) is 0 Å². The molecule has 1 aliphatic rings. The summed E-state index contributed by atoms with van der Waals surface area (Å²) in [6, 6.07) is 8.92. The molecule has 1 fully saturated rings. The fourth-order valence-electron chi connectivity index (χ4n) is 3.39. The van der Waals surface area contributed by atoms with Gasteiger partial charge in [-0.3, -0.25) is 9.59 Å². The Bertz CT molecular complexity index is 947. The van der Waals surface area contributed by atoms with E-state index in [1.165, 1.54) is 0 Å². The molecule has 1 amide bonds. The largest absolute Gasteiger partial charge is 0.494 e. The zero-order chi connectivity index (χ0) is 23.8. The first kappa shape index (κ1) is 24.9. The highest BCUT2D eigenvalue weighted by Gasteiger charge is 2.25. The highest BCUT2D eigenvalue weighted by atomic mass is 35.5. The van der Waals surface area contributed by atoms with Gasteiger partial charge in [-0.25, -0.2) is 8.78 Å². The van der Waals surface area contributed by atoms with Gasteiger partial charge < -0.3 is 19.1 Å². The fourth-order valence-corrected chi connectivity index (χ4v) is 3.51. The number of amides is 1. The summed E-state index contributed by atoms with van der Waals surface area (Å²) in [7, 11) is 0. The summed E-state index contributed by atoms with van der Waals surface area (Å²) in [5.41, 5.74) is -0.0365. The number of Topliss-reactive ketones (excluding diaryl/α,β-unsaturated/α-hetero) is 1. The Morgan fingerprint density at radius 3 is 2.52 bits per heavy atom. The summed E-state index contributed by atoms with van der Waals surface area (Å²) in [6.07, 6.45) is 0.464. The quantitative estimate of drug-likeness (QED) is 0.364. The number of halogens is 3. The second-order valence-corrected chi connectivity index (χ2v) is 8.03. The van der Waals surface area contributed by atoms with Gasteiger partial charge in [0.25, 0.3) is 0 Å². The van der Waals surface area contributed by atoms with Crippen molar-refractivity contribution < 1.29 is 32.6 Å². The standard InChI is InChI=1S/C24H26ClF2NO5/c1-2-22(29)16-12-20(26)24(21(27)13-16)33-15-19-14-28(9-11-32-19)23(30)4-3-10-31-18-7-5-17(25)6-8-18/h5-8,12-13,19H,2-4,9-11,14-15H2,1H3. The van der Waals surface area contributed by atoms with Gasteiger partial charge in [-0.1, -0.05) is 18.5 Å². The Balaban J connectivity index is 1.44. The molecule has 1 heterocycles. The van der Waals surface area contributed by atoms with Crippen molar-refractivity contribution in [3.05, 3.63) is 58.6 Å². The second-order valence-electron chi connectivity index (χ2n) is 7.60. The Labute approximate surface area is 196 Å². The van der Waals surface area contributed by atoms with Crippen LogP contribution in [0.25, 0.3) is 0 Å². The molecule has 0 bridgehead atoms. The SMILES string of the molecule is CCC(=O)c1cc(F)c(OCC2CN(C(=O)CCCOc3ccc(Cl)cc3)CCO2)c(F)c1. The van der Waals surface area contributed by atoms with Gasteiger partial charge in [0.1, 0.15) is 18.5 Å². The number of hydrogen-bond donors (Lipinski definition) is 0. The van der Waals surface area contributed by atoms with Crippen molar-refractivity contribution in [3.8, 4) is 11.5 Å². The lowest BCUT2D eigenvalue weighted by Crippen LogP contribution is -2.47. The number of carbonyl (C=O) groups excluding carboxylic acids is 2. The van der Waals surface area contributed by atoms with E-state index in [0.717, 1.165) is 12.1 Å². The van der Waals surface area contributed by atoms with Crippen molar-refractivity contribution in [1.82, 2.24) is 4.90 Å². The molecule has 0 aromatic heterocycles. The van der Waals surface area contributed by atoms with E-state index in [1.807, 2.05) is 0 Å². The third kappa shape index (κ3) is 7.14. The van der Waals surface area contributed by atoms with Crippen LogP contribution in [0.4, 0.5) is 8.78 Å². The van der Waals surface area contributed by atoms with Crippen LogP contribution < -0.4 is 9.47 Å². The third-order valence-corrected chi connectivity index (χ3v) is 5.42. The van der Waals surface area contributed by atoms with Gasteiger partial charge in [-0.05, 0) is 42.8 Å². The first-order valence-electron chi connectivity index (χ1n) is 10.8. The zero-order valence-electron chi connectivity index (χ0n) is 18.3. The number of ketones is 1. The number of rotatable bonds is 10. The van der Waals surface area contributed by atoms with Crippen molar-refractivity contribution >= 4 is 23.3 Å². The number of carbonyl (C=O) groups is 2. The molecule has 0 spiro atoms. The van der Waals surface area contributed by atoms with Gasteiger partial charge in [0.15, 0.2) is 23.2 Å². The molecule has 1 saturated heterocycles. The molecule has 6 nitrogen and oxygen atoms in total. The fraction of sp³-hybridized carbons (Fsp3) is 0.417. The van der Waals surface area contributed by atoms with Crippen LogP contribution in [0.15, 0.2) is 36.4 Å². The molecule has 178 valence electrons. The van der Waals surface area contributed by atoms with Crippen LogP contribution in [0.5, 0.6) is 11.5 Å². The summed E-state index contributed by atoms with van der Waals surface area (Å²) in [5.74, 6) is -2.19. The van der Waals surface area contributed by atoms with Gasteiger partial charge in [0, 0.05) is 30.0 Å². The lowest BCUT2D eigenvalue weighted by Gasteiger charge is -2.33. The highest BCUT2D eigenvalue weighted by Crippen LogP contribution is 2.25. The lowest BCUT2D eigenvalue weighted by molar-refractivity contribution is -0.140. The summed E-state index contributed by atoms with van der Waals surface area (Å²) in [6.45, 7) is 2.87. The number of hydrogen-bond acceptors (Lipinski definition) is 5. The minimum atomic E-state index is -0.948. The topological polar surface area (TPSA) is 65.1 Å². The number of ether oxygens (including phenoxy) is 3. The highest BCUT2D eigenvalue weighted by molar-refractivity contribution is 6.30. The molecule has 1 atom stereocenters. The molecule has 0 aliphatic carbocycles. The first-order valence-corrected chi connectivity index (χ1v) is 11.2. The Morgan fingerprint density at radius 1 is 1.15 bits per heavy atom. The van der Waals surface area contributed by atoms with Crippen LogP contribution >= 0.6 is 11.6 Å². The van der Waals surface area contributed by atoms with Crippen molar-refractivity contribution in [2.45, 2.75) is 32.3 Å². The monoisotopic (exact) mass is 481 g/mol. The van der Waals surface area contributed by atoms with Crippen LogP contribution in [0.2, 0.25) is 5.02 Å². The summed E-state index contributed by atoms with van der Waals surface area (Å²) in [5, 5.41) is 0.623. The van der Waals surface area contributed by atoms with Gasteiger partial charge in [0.2, 0.25) is 5.91 Å². The van der Waals surface area contributed by atoms with Crippen molar-refractivity contribution in [2.75, 3.05) is 32.9 Å². The molecule has 9 heteroatoms. The van der Waals surface area contributed by atoms with E-state index < -0.39 is 23.5 Å². The van der Waals surface area contributed by atoms with Crippen LogP contribution in [0.1, 0.15) is 36.5 Å². The van der Waals surface area contributed by atoms with E-state index in [4.69, 9.17) is 25.8 Å². The Morgan fingerprint density at radius 2 is 1.85 bits per heavy atom. The van der Waals surface area contributed by atoms with Crippen LogP contribution in [0, 0.1) is 11.6 Å². The molecule has 33 heavy (non-hydrogen) atoms. The van der Waals surface area contributed by atoms with Gasteiger partial charge in [-0.15, -0.1) is 0 Å². The maximum atomic E-state index is 14.2. The maximum Gasteiger partial charge on any atom is 0.222 e. The zero-order valence-corrected chi connectivity index (χ0v) is 19.1. The molecule has 0 saturated carbocycles. The molecule has 1 unspecified atom stereocenters. The molecular formula is C24H26ClF2NO5. The molecular weight excluding hydrogens is 456 g/mol. The second kappa shape index (κ2) is 12.0. The molecule has 2 aromatic carbocycles. The van der Waals surface area contributed by atoms with Crippen molar-refractivity contribution in [1.29, 1.82) is 0 Å². The summed E-state index contributed by atoms with van der Waals surface area (Å²) < 4.78 is 45.0. The van der Waals surface area contributed by atoms with E-state index in [9.17, 15) is 18.4 Å². The minimum Gasteiger partial charge on any atom is -0.494 e. The van der Waals surface area contributed by atoms with E-state index in [2.05, 4.69) is 0 Å². The molecule has 3 rings (SSSR count). The number of benzene rings is 2. The predicted octanol–water partition coefficient (Wildman–Crippen LogP) is 4.68.